The van der Waals surface area contributed by atoms with Crippen molar-refractivity contribution in [1.82, 2.24) is 16.0 Å². The van der Waals surface area contributed by atoms with Crippen molar-refractivity contribution in [3.05, 3.63) is 35.1 Å². The van der Waals surface area contributed by atoms with Crippen LogP contribution in [0.15, 0.2) is 23.2 Å². The minimum absolute atomic E-state index is 0. The number of aryl methyl sites for hydroxylation is 1. The van der Waals surface area contributed by atoms with Crippen molar-refractivity contribution in [1.29, 1.82) is 0 Å². The summed E-state index contributed by atoms with van der Waals surface area (Å²) in [6.45, 7) is 5.85. The number of carbonyl (C=O) groups excluding carboxylic acids is 1. The van der Waals surface area contributed by atoms with Crippen molar-refractivity contribution in [2.24, 2.45) is 4.99 Å². The average Bonchev–Trinajstić information content (AvgIpc) is 3.09. The van der Waals surface area contributed by atoms with Crippen LogP contribution in [0, 0.1) is 12.7 Å². The highest BCUT2D eigenvalue weighted by atomic mass is 127. The molecule has 0 bridgehead atoms. The highest BCUT2D eigenvalue weighted by Gasteiger charge is 2.16. The van der Waals surface area contributed by atoms with E-state index in [2.05, 4.69) is 20.9 Å². The first-order valence-electron chi connectivity index (χ1n) is 9.65. The molecular formula is C20H32FIN4O. The van der Waals surface area contributed by atoms with E-state index in [0.717, 1.165) is 36.9 Å². The fourth-order valence-corrected chi connectivity index (χ4v) is 3.24. The Kier molecular flexibility index (Phi) is 11.3. The molecule has 1 aromatic rings. The molecule has 0 unspecified atom stereocenters. The quantitative estimate of drug-likeness (QED) is 0.298. The van der Waals surface area contributed by atoms with Gasteiger partial charge >= 0.3 is 0 Å². The fraction of sp³-hybridized carbons (Fsp3) is 0.600. The van der Waals surface area contributed by atoms with Crippen molar-refractivity contribution >= 4 is 35.8 Å². The molecule has 1 saturated carbocycles. The lowest BCUT2D eigenvalue weighted by Gasteiger charge is -2.13. The second kappa shape index (κ2) is 12.9. The van der Waals surface area contributed by atoms with Crippen molar-refractivity contribution in [2.75, 3.05) is 19.6 Å². The number of carbonyl (C=O) groups is 1. The van der Waals surface area contributed by atoms with Gasteiger partial charge in [0.05, 0.1) is 6.54 Å². The van der Waals surface area contributed by atoms with Crippen LogP contribution in [0.3, 0.4) is 0 Å². The van der Waals surface area contributed by atoms with Crippen LogP contribution in [0.5, 0.6) is 0 Å². The van der Waals surface area contributed by atoms with E-state index in [1.807, 2.05) is 19.9 Å². The number of benzene rings is 1. The average molecular weight is 490 g/mol. The molecule has 0 saturated heterocycles. The maximum atomic E-state index is 13.2. The molecule has 5 nitrogen and oxygen atoms in total. The normalized spacial score (nSPS) is 14.6. The Morgan fingerprint density at radius 2 is 2.00 bits per heavy atom. The van der Waals surface area contributed by atoms with Gasteiger partial charge in [0.15, 0.2) is 5.96 Å². The molecule has 1 amide bonds. The van der Waals surface area contributed by atoms with Gasteiger partial charge in [-0.25, -0.2) is 4.39 Å². The van der Waals surface area contributed by atoms with Gasteiger partial charge in [-0.1, -0.05) is 18.9 Å². The van der Waals surface area contributed by atoms with Crippen molar-refractivity contribution in [3.63, 3.8) is 0 Å². The molecule has 2 rings (SSSR count). The largest absolute Gasteiger partial charge is 0.357 e. The number of halogens is 2. The zero-order valence-corrected chi connectivity index (χ0v) is 18.6. The smallest absolute Gasteiger partial charge is 0.222 e. The summed E-state index contributed by atoms with van der Waals surface area (Å²) in [7, 11) is 0. The van der Waals surface area contributed by atoms with Gasteiger partial charge in [0.25, 0.3) is 0 Å². The SMILES string of the molecule is CCNC(=NCCC(=O)NC1CCCC1)NCCc1ccc(F)cc1C.I. The molecule has 3 N–H and O–H groups in total. The van der Waals surface area contributed by atoms with E-state index in [4.69, 9.17) is 0 Å². The number of guanidine groups is 1. The lowest BCUT2D eigenvalue weighted by atomic mass is 10.1. The van der Waals surface area contributed by atoms with Crippen LogP contribution in [0.1, 0.15) is 50.2 Å². The molecule has 1 aliphatic carbocycles. The van der Waals surface area contributed by atoms with Gasteiger partial charge in [0, 0.05) is 25.6 Å². The van der Waals surface area contributed by atoms with Crippen molar-refractivity contribution < 1.29 is 9.18 Å². The van der Waals surface area contributed by atoms with Crippen LogP contribution in [0.25, 0.3) is 0 Å². The van der Waals surface area contributed by atoms with E-state index in [1.54, 1.807) is 6.07 Å². The van der Waals surface area contributed by atoms with Gasteiger partial charge in [-0.2, -0.15) is 0 Å². The molecule has 1 fully saturated rings. The van der Waals surface area contributed by atoms with Gasteiger partial charge in [-0.3, -0.25) is 9.79 Å². The minimum atomic E-state index is -0.204. The van der Waals surface area contributed by atoms with Crippen LogP contribution in [-0.2, 0) is 11.2 Å². The summed E-state index contributed by atoms with van der Waals surface area (Å²) in [5.74, 6) is 0.587. The Morgan fingerprint density at radius 3 is 2.67 bits per heavy atom. The highest BCUT2D eigenvalue weighted by molar-refractivity contribution is 14.0. The first kappa shape index (κ1) is 23.7. The molecule has 27 heavy (non-hydrogen) atoms. The summed E-state index contributed by atoms with van der Waals surface area (Å²) in [6, 6.07) is 5.23. The molecule has 7 heteroatoms. The third-order valence-corrected chi connectivity index (χ3v) is 4.66. The van der Waals surface area contributed by atoms with E-state index in [0.29, 0.717) is 31.5 Å². The molecule has 0 aromatic heterocycles. The summed E-state index contributed by atoms with van der Waals surface area (Å²) < 4.78 is 13.2. The third-order valence-electron chi connectivity index (χ3n) is 4.66. The fourth-order valence-electron chi connectivity index (χ4n) is 3.24. The topological polar surface area (TPSA) is 65.5 Å². The number of nitrogens with one attached hydrogen (secondary N) is 3. The van der Waals surface area contributed by atoms with Gasteiger partial charge in [-0.05, 0) is 56.4 Å². The molecule has 152 valence electrons. The van der Waals surface area contributed by atoms with Gasteiger partial charge < -0.3 is 16.0 Å². The Labute approximate surface area is 179 Å². The monoisotopic (exact) mass is 490 g/mol. The van der Waals surface area contributed by atoms with E-state index in [1.165, 1.54) is 18.9 Å². The Bertz CT molecular complexity index is 618. The second-order valence-electron chi connectivity index (χ2n) is 6.81. The van der Waals surface area contributed by atoms with E-state index in [-0.39, 0.29) is 35.7 Å². The van der Waals surface area contributed by atoms with Gasteiger partial charge in [0.1, 0.15) is 5.82 Å². The predicted octanol–water partition coefficient (Wildman–Crippen LogP) is 3.30. The third kappa shape index (κ3) is 8.90. The summed E-state index contributed by atoms with van der Waals surface area (Å²) in [6.07, 6.45) is 5.82. The minimum Gasteiger partial charge on any atom is -0.357 e. The van der Waals surface area contributed by atoms with Crippen LogP contribution in [0.4, 0.5) is 4.39 Å². The highest BCUT2D eigenvalue weighted by Crippen LogP contribution is 2.17. The lowest BCUT2D eigenvalue weighted by molar-refractivity contribution is -0.121. The maximum absolute atomic E-state index is 13.2. The zero-order chi connectivity index (χ0) is 18.8. The summed E-state index contributed by atoms with van der Waals surface area (Å²) >= 11 is 0. The first-order chi connectivity index (χ1) is 12.6. The molecule has 0 heterocycles. The van der Waals surface area contributed by atoms with Gasteiger partial charge in [0.2, 0.25) is 5.91 Å². The van der Waals surface area contributed by atoms with E-state index in [9.17, 15) is 9.18 Å². The number of nitrogens with zero attached hydrogens (tertiary/aromatic N) is 1. The number of aliphatic imine (C=N–C) groups is 1. The van der Waals surface area contributed by atoms with Crippen molar-refractivity contribution in [2.45, 2.75) is 58.4 Å². The summed E-state index contributed by atoms with van der Waals surface area (Å²) in [5.41, 5.74) is 2.07. The van der Waals surface area contributed by atoms with E-state index < -0.39 is 0 Å². The number of hydrogen-bond acceptors (Lipinski definition) is 2. The molecule has 0 atom stereocenters. The number of hydrogen-bond donors (Lipinski definition) is 3. The molecular weight excluding hydrogens is 458 g/mol. The molecule has 0 radical (unpaired) electrons. The first-order valence-corrected chi connectivity index (χ1v) is 9.65. The molecule has 0 spiro atoms. The summed E-state index contributed by atoms with van der Waals surface area (Å²) in [5, 5.41) is 9.54. The van der Waals surface area contributed by atoms with E-state index >= 15 is 0 Å². The van der Waals surface area contributed by atoms with Crippen molar-refractivity contribution in [3.8, 4) is 0 Å². The molecule has 0 aliphatic heterocycles. The Hall–Kier alpha value is -1.38. The second-order valence-corrected chi connectivity index (χ2v) is 6.81. The lowest BCUT2D eigenvalue weighted by Crippen LogP contribution is -2.39. The maximum Gasteiger partial charge on any atom is 0.222 e. The zero-order valence-electron chi connectivity index (χ0n) is 16.3. The standard InChI is InChI=1S/C20H31FN4O.HI/c1-3-22-20(23-12-10-16-8-9-17(21)14-15(16)2)24-13-11-19(26)25-18-6-4-5-7-18;/h8-9,14,18H,3-7,10-13H2,1-2H3,(H,25,26)(H2,22,23,24);1H. The number of rotatable bonds is 8. The van der Waals surface area contributed by atoms with Crippen LogP contribution in [0.2, 0.25) is 0 Å². The Balaban J connectivity index is 0.00000364. The van der Waals surface area contributed by atoms with Crippen LogP contribution >= 0.6 is 24.0 Å². The van der Waals surface area contributed by atoms with Crippen LogP contribution in [-0.4, -0.2) is 37.5 Å². The number of amides is 1. The molecule has 1 aromatic carbocycles. The van der Waals surface area contributed by atoms with Crippen LogP contribution < -0.4 is 16.0 Å². The summed E-state index contributed by atoms with van der Waals surface area (Å²) in [4.78, 5) is 16.4. The van der Waals surface area contributed by atoms with Gasteiger partial charge in [-0.15, -0.1) is 24.0 Å². The molecule has 1 aliphatic rings. The Morgan fingerprint density at radius 1 is 1.26 bits per heavy atom. The predicted molar refractivity (Wildman–Crippen MR) is 119 cm³/mol.